The van der Waals surface area contributed by atoms with Gasteiger partial charge in [-0.1, -0.05) is 12.1 Å². The summed E-state index contributed by atoms with van der Waals surface area (Å²) in [5.74, 6) is 1.55. The molecule has 3 rings (SSSR count). The van der Waals surface area contributed by atoms with Crippen molar-refractivity contribution in [2.75, 3.05) is 21.3 Å². The Morgan fingerprint density at radius 1 is 1.10 bits per heavy atom. The summed E-state index contributed by atoms with van der Waals surface area (Å²) >= 11 is 1.74. The topological polar surface area (TPSA) is 51.7 Å². The SMILES string of the molecule is COc1cc(C)c(CN(C)C(=O)CCCCc2nc3ccccc3s2)cc1OC. The van der Waals surface area contributed by atoms with E-state index in [4.69, 9.17) is 9.47 Å². The molecule has 0 aliphatic rings. The smallest absolute Gasteiger partial charge is 0.222 e. The Morgan fingerprint density at radius 2 is 1.83 bits per heavy atom. The van der Waals surface area contributed by atoms with Gasteiger partial charge in [0.2, 0.25) is 5.91 Å². The van der Waals surface area contributed by atoms with Crippen LogP contribution in [-0.4, -0.2) is 37.1 Å². The van der Waals surface area contributed by atoms with Crippen LogP contribution in [0.1, 0.15) is 35.4 Å². The first-order valence-electron chi connectivity index (χ1n) is 9.81. The fraction of sp³-hybridized carbons (Fsp3) is 0.391. The number of aromatic nitrogens is 1. The number of rotatable bonds is 9. The summed E-state index contributed by atoms with van der Waals surface area (Å²) in [6, 6.07) is 12.1. The quantitative estimate of drug-likeness (QED) is 0.465. The Kier molecular flexibility index (Phi) is 7.09. The van der Waals surface area contributed by atoms with Crippen LogP contribution in [0.2, 0.25) is 0 Å². The summed E-state index contributed by atoms with van der Waals surface area (Å²) in [5.41, 5.74) is 3.21. The van der Waals surface area contributed by atoms with Crippen molar-refractivity contribution in [1.29, 1.82) is 0 Å². The van der Waals surface area contributed by atoms with Gasteiger partial charge < -0.3 is 14.4 Å². The molecular formula is C23H28N2O3S. The van der Waals surface area contributed by atoms with E-state index >= 15 is 0 Å². The monoisotopic (exact) mass is 412 g/mol. The number of fused-ring (bicyclic) bond motifs is 1. The minimum atomic E-state index is 0.156. The third kappa shape index (κ3) is 5.26. The molecule has 0 fully saturated rings. The molecule has 0 atom stereocenters. The predicted molar refractivity (Wildman–Crippen MR) is 118 cm³/mol. The number of para-hydroxylation sites is 1. The van der Waals surface area contributed by atoms with Crippen LogP contribution in [0.15, 0.2) is 36.4 Å². The van der Waals surface area contributed by atoms with Gasteiger partial charge in [0.25, 0.3) is 0 Å². The van der Waals surface area contributed by atoms with Crippen molar-refractivity contribution in [2.45, 2.75) is 39.2 Å². The highest BCUT2D eigenvalue weighted by Crippen LogP contribution is 2.30. The fourth-order valence-corrected chi connectivity index (χ4v) is 4.32. The fourth-order valence-electron chi connectivity index (χ4n) is 3.31. The van der Waals surface area contributed by atoms with Crippen molar-refractivity contribution < 1.29 is 14.3 Å². The molecule has 0 spiro atoms. The predicted octanol–water partition coefficient (Wildman–Crippen LogP) is 4.99. The molecule has 0 aliphatic carbocycles. The number of nitrogens with zero attached hydrogens (tertiary/aromatic N) is 2. The van der Waals surface area contributed by atoms with E-state index < -0.39 is 0 Å². The number of carbonyl (C=O) groups is 1. The summed E-state index contributed by atoms with van der Waals surface area (Å²) in [6.45, 7) is 2.58. The number of amides is 1. The third-order valence-corrected chi connectivity index (χ3v) is 6.14. The van der Waals surface area contributed by atoms with Crippen LogP contribution in [0.25, 0.3) is 10.2 Å². The highest BCUT2D eigenvalue weighted by Gasteiger charge is 2.14. The normalized spacial score (nSPS) is 10.9. The molecule has 0 bridgehead atoms. The lowest BCUT2D eigenvalue weighted by Gasteiger charge is -2.20. The number of benzene rings is 2. The van der Waals surface area contributed by atoms with Crippen LogP contribution in [0.3, 0.4) is 0 Å². The molecule has 154 valence electrons. The van der Waals surface area contributed by atoms with Crippen molar-refractivity contribution >= 4 is 27.5 Å². The first-order chi connectivity index (χ1) is 14.0. The first-order valence-corrected chi connectivity index (χ1v) is 10.6. The molecule has 6 heteroatoms. The molecule has 1 heterocycles. The molecule has 0 unspecified atom stereocenters. The average molecular weight is 413 g/mol. The molecule has 0 saturated carbocycles. The molecule has 3 aromatic rings. The molecular weight excluding hydrogens is 384 g/mol. The third-order valence-electron chi connectivity index (χ3n) is 5.04. The lowest BCUT2D eigenvalue weighted by molar-refractivity contribution is -0.130. The summed E-state index contributed by atoms with van der Waals surface area (Å²) in [5, 5.41) is 1.15. The van der Waals surface area contributed by atoms with E-state index in [1.165, 1.54) is 4.70 Å². The standard InChI is InChI=1S/C23H28N2O3S/c1-16-13-19(27-3)20(28-4)14-17(16)15-25(2)23(26)12-8-7-11-22-24-18-9-5-6-10-21(18)29-22/h5-6,9-10,13-14H,7-8,11-12,15H2,1-4H3. The molecule has 0 radical (unpaired) electrons. The summed E-state index contributed by atoms with van der Waals surface area (Å²) < 4.78 is 11.9. The van der Waals surface area contributed by atoms with Gasteiger partial charge in [-0.25, -0.2) is 4.98 Å². The van der Waals surface area contributed by atoms with E-state index in [1.54, 1.807) is 30.5 Å². The lowest BCUT2D eigenvalue weighted by atomic mass is 10.1. The number of ether oxygens (including phenoxy) is 2. The van der Waals surface area contributed by atoms with Crippen LogP contribution in [0, 0.1) is 6.92 Å². The molecule has 0 aliphatic heterocycles. The number of hydrogen-bond acceptors (Lipinski definition) is 5. The van der Waals surface area contributed by atoms with Crippen LogP contribution in [-0.2, 0) is 17.8 Å². The summed E-state index contributed by atoms with van der Waals surface area (Å²) in [6.07, 6.45) is 3.30. The van der Waals surface area contributed by atoms with E-state index in [9.17, 15) is 4.79 Å². The van der Waals surface area contributed by atoms with Crippen molar-refractivity contribution in [2.24, 2.45) is 0 Å². The van der Waals surface area contributed by atoms with Crippen LogP contribution < -0.4 is 9.47 Å². The van der Waals surface area contributed by atoms with Gasteiger partial charge in [-0.15, -0.1) is 11.3 Å². The van der Waals surface area contributed by atoms with Crippen molar-refractivity contribution in [3.63, 3.8) is 0 Å². The average Bonchev–Trinajstić information content (AvgIpc) is 3.14. The van der Waals surface area contributed by atoms with Gasteiger partial charge in [-0.05, 0) is 61.6 Å². The number of unbranched alkanes of at least 4 members (excludes halogenated alkanes) is 1. The van der Waals surface area contributed by atoms with Crippen LogP contribution >= 0.6 is 11.3 Å². The highest BCUT2D eigenvalue weighted by molar-refractivity contribution is 7.18. The molecule has 29 heavy (non-hydrogen) atoms. The number of methoxy groups -OCH3 is 2. The second-order valence-corrected chi connectivity index (χ2v) is 8.28. The zero-order valence-corrected chi connectivity index (χ0v) is 18.3. The maximum atomic E-state index is 12.5. The van der Waals surface area contributed by atoms with Gasteiger partial charge in [0.1, 0.15) is 0 Å². The zero-order valence-electron chi connectivity index (χ0n) is 17.5. The van der Waals surface area contributed by atoms with Gasteiger partial charge in [-0.3, -0.25) is 4.79 Å². The highest BCUT2D eigenvalue weighted by atomic mass is 32.1. The van der Waals surface area contributed by atoms with Crippen molar-refractivity contribution in [3.8, 4) is 11.5 Å². The maximum Gasteiger partial charge on any atom is 0.222 e. The second kappa shape index (κ2) is 9.74. The van der Waals surface area contributed by atoms with Gasteiger partial charge >= 0.3 is 0 Å². The second-order valence-electron chi connectivity index (χ2n) is 7.17. The van der Waals surface area contributed by atoms with Gasteiger partial charge in [-0.2, -0.15) is 0 Å². The van der Waals surface area contributed by atoms with Gasteiger partial charge in [0, 0.05) is 20.0 Å². The molecule has 0 N–H and O–H groups in total. The van der Waals surface area contributed by atoms with Crippen molar-refractivity contribution in [3.05, 3.63) is 52.5 Å². The number of carbonyl (C=O) groups excluding carboxylic acids is 1. The van der Waals surface area contributed by atoms with Gasteiger partial charge in [0.05, 0.1) is 29.4 Å². The van der Waals surface area contributed by atoms with E-state index in [0.717, 1.165) is 40.9 Å². The molecule has 2 aromatic carbocycles. The summed E-state index contributed by atoms with van der Waals surface area (Å²) in [4.78, 5) is 19.0. The molecule has 0 saturated heterocycles. The molecule has 5 nitrogen and oxygen atoms in total. The van der Waals surface area contributed by atoms with Crippen LogP contribution in [0.5, 0.6) is 11.5 Å². The Labute approximate surface area is 176 Å². The zero-order chi connectivity index (χ0) is 20.8. The van der Waals surface area contributed by atoms with Crippen molar-refractivity contribution in [1.82, 2.24) is 9.88 Å². The largest absolute Gasteiger partial charge is 0.493 e. The minimum absolute atomic E-state index is 0.156. The van der Waals surface area contributed by atoms with E-state index in [-0.39, 0.29) is 5.91 Å². The lowest BCUT2D eigenvalue weighted by Crippen LogP contribution is -2.26. The Morgan fingerprint density at radius 3 is 2.55 bits per heavy atom. The van der Waals surface area contributed by atoms with E-state index in [1.807, 2.05) is 44.3 Å². The van der Waals surface area contributed by atoms with Gasteiger partial charge in [0.15, 0.2) is 11.5 Å². The summed E-state index contributed by atoms with van der Waals surface area (Å²) in [7, 11) is 5.10. The van der Waals surface area contributed by atoms with E-state index in [2.05, 4.69) is 11.1 Å². The maximum absolute atomic E-state index is 12.5. The molecule has 1 aromatic heterocycles. The Hall–Kier alpha value is -2.60. The van der Waals surface area contributed by atoms with Crippen LogP contribution in [0.4, 0.5) is 0 Å². The number of hydrogen-bond donors (Lipinski definition) is 0. The Balaban J connectivity index is 1.49. The first kappa shape index (κ1) is 21.1. The Bertz CT molecular complexity index is 950. The minimum Gasteiger partial charge on any atom is -0.493 e. The number of aryl methyl sites for hydroxylation is 2. The number of thiazole rings is 1. The molecule has 1 amide bonds. The van der Waals surface area contributed by atoms with E-state index in [0.29, 0.717) is 24.5 Å².